The van der Waals surface area contributed by atoms with Crippen molar-refractivity contribution in [3.63, 3.8) is 0 Å². The van der Waals surface area contributed by atoms with Crippen LogP contribution in [0.4, 0.5) is 0 Å². The Kier molecular flexibility index (Phi) is 6.69. The maximum Gasteiger partial charge on any atom is 0.0594 e. The topological polar surface area (TPSA) is 24.5 Å². The van der Waals surface area contributed by atoms with Gasteiger partial charge in [0, 0.05) is 34.0 Å². The quantitative estimate of drug-likeness (QED) is 0.789. The fourth-order valence-corrected chi connectivity index (χ4v) is 4.47. The van der Waals surface area contributed by atoms with Gasteiger partial charge in [0.15, 0.2) is 0 Å². The zero-order valence-electron chi connectivity index (χ0n) is 13.3. The van der Waals surface area contributed by atoms with Crippen LogP contribution in [0.15, 0.2) is 15.9 Å². The van der Waals surface area contributed by atoms with Gasteiger partial charge in [-0.05, 0) is 60.6 Å². The highest BCUT2D eigenvalue weighted by molar-refractivity contribution is 9.10. The van der Waals surface area contributed by atoms with E-state index in [9.17, 15) is 0 Å². The van der Waals surface area contributed by atoms with Gasteiger partial charge in [-0.25, -0.2) is 0 Å². The molecule has 1 aromatic heterocycles. The number of morpholine rings is 1. The predicted octanol–water partition coefficient (Wildman–Crippen LogP) is 3.53. The van der Waals surface area contributed by atoms with Crippen LogP contribution >= 0.6 is 27.3 Å². The predicted molar refractivity (Wildman–Crippen MR) is 94.3 cm³/mol. The summed E-state index contributed by atoms with van der Waals surface area (Å²) in [6.07, 6.45) is 2.24. The summed E-state index contributed by atoms with van der Waals surface area (Å²) in [7, 11) is 0. The fourth-order valence-electron chi connectivity index (χ4n) is 2.91. The molecule has 0 saturated carbocycles. The summed E-state index contributed by atoms with van der Waals surface area (Å²) in [5.41, 5.74) is 0.127. The van der Waals surface area contributed by atoms with Crippen molar-refractivity contribution in [3.8, 4) is 0 Å². The average Bonchev–Trinajstić information content (AvgIpc) is 2.89. The molecule has 1 saturated heterocycles. The van der Waals surface area contributed by atoms with E-state index in [0.717, 1.165) is 39.3 Å². The Morgan fingerprint density at radius 2 is 2.14 bits per heavy atom. The highest BCUT2D eigenvalue weighted by atomic mass is 79.9. The van der Waals surface area contributed by atoms with Gasteiger partial charge in [-0.1, -0.05) is 6.92 Å². The Labute approximate surface area is 141 Å². The lowest BCUT2D eigenvalue weighted by atomic mass is 9.88. The molecule has 3 nitrogen and oxygen atoms in total. The van der Waals surface area contributed by atoms with Gasteiger partial charge >= 0.3 is 0 Å². The first-order chi connectivity index (χ1) is 10.1. The van der Waals surface area contributed by atoms with Crippen LogP contribution in [0.1, 0.15) is 32.1 Å². The van der Waals surface area contributed by atoms with Gasteiger partial charge in [-0.2, -0.15) is 0 Å². The van der Waals surface area contributed by atoms with Crippen LogP contribution < -0.4 is 5.32 Å². The van der Waals surface area contributed by atoms with Gasteiger partial charge < -0.3 is 10.1 Å². The van der Waals surface area contributed by atoms with E-state index in [1.807, 2.05) is 11.3 Å². The lowest BCUT2D eigenvalue weighted by Gasteiger charge is -2.46. The van der Waals surface area contributed by atoms with Gasteiger partial charge in [-0.3, -0.25) is 4.90 Å². The van der Waals surface area contributed by atoms with Gasteiger partial charge in [0.25, 0.3) is 0 Å². The highest BCUT2D eigenvalue weighted by Crippen LogP contribution is 2.29. The molecule has 120 valence electrons. The molecule has 2 rings (SSSR count). The number of thiophene rings is 1. The molecule has 0 aliphatic carbocycles. The van der Waals surface area contributed by atoms with Crippen LogP contribution in [0.25, 0.3) is 0 Å². The van der Waals surface area contributed by atoms with Gasteiger partial charge in [0.1, 0.15) is 0 Å². The highest BCUT2D eigenvalue weighted by Gasteiger charge is 2.36. The van der Waals surface area contributed by atoms with E-state index in [4.69, 9.17) is 4.74 Å². The number of nitrogens with one attached hydrogen (secondary N) is 1. The van der Waals surface area contributed by atoms with Crippen LogP contribution in [0.3, 0.4) is 0 Å². The van der Waals surface area contributed by atoms with Crippen LogP contribution in [0.2, 0.25) is 0 Å². The number of halogens is 1. The molecular weight excluding hydrogens is 348 g/mol. The van der Waals surface area contributed by atoms with Crippen molar-refractivity contribution in [1.29, 1.82) is 0 Å². The minimum absolute atomic E-state index is 0.127. The van der Waals surface area contributed by atoms with E-state index in [1.165, 1.54) is 15.8 Å². The van der Waals surface area contributed by atoms with Crippen molar-refractivity contribution in [3.05, 3.63) is 20.8 Å². The van der Waals surface area contributed by atoms with E-state index in [0.29, 0.717) is 6.04 Å². The third-order valence-electron chi connectivity index (χ3n) is 4.40. The van der Waals surface area contributed by atoms with Gasteiger partial charge in [0.2, 0.25) is 0 Å². The minimum Gasteiger partial charge on any atom is -0.379 e. The molecule has 1 unspecified atom stereocenters. The van der Waals surface area contributed by atoms with E-state index in [-0.39, 0.29) is 5.54 Å². The molecule has 0 bridgehead atoms. The van der Waals surface area contributed by atoms with Crippen LogP contribution in [-0.4, -0.2) is 49.3 Å². The van der Waals surface area contributed by atoms with Crippen molar-refractivity contribution in [2.75, 3.05) is 32.8 Å². The van der Waals surface area contributed by atoms with Crippen molar-refractivity contribution < 1.29 is 4.74 Å². The van der Waals surface area contributed by atoms with E-state index in [2.05, 4.69) is 58.4 Å². The maximum atomic E-state index is 5.51. The molecule has 5 heteroatoms. The summed E-state index contributed by atoms with van der Waals surface area (Å²) >= 11 is 5.52. The molecule has 0 spiro atoms. The number of ether oxygens (including phenoxy) is 1. The Morgan fingerprint density at radius 3 is 2.71 bits per heavy atom. The molecule has 1 aliphatic heterocycles. The molecule has 21 heavy (non-hydrogen) atoms. The standard InChI is InChI=1S/C16H27BrN2OS/c1-4-6-18-15(12-14-13(17)5-11-21-14)16(2,3)19-7-9-20-10-8-19/h5,11,15,18H,4,6-10,12H2,1-3H3. The Hall–Kier alpha value is 0.0600. The molecule has 1 atom stereocenters. The zero-order chi connectivity index (χ0) is 15.3. The summed E-state index contributed by atoms with van der Waals surface area (Å²) in [6, 6.07) is 2.60. The Morgan fingerprint density at radius 1 is 1.43 bits per heavy atom. The van der Waals surface area contributed by atoms with Crippen molar-refractivity contribution in [2.24, 2.45) is 0 Å². The van der Waals surface area contributed by atoms with E-state index < -0.39 is 0 Å². The number of nitrogens with zero attached hydrogens (tertiary/aromatic N) is 1. The Balaban J connectivity index is 2.11. The molecule has 0 aromatic carbocycles. The molecule has 1 aliphatic rings. The molecule has 1 fully saturated rings. The van der Waals surface area contributed by atoms with Crippen LogP contribution in [0.5, 0.6) is 0 Å². The maximum absolute atomic E-state index is 5.51. The molecule has 1 N–H and O–H groups in total. The van der Waals surface area contributed by atoms with Crippen molar-refractivity contribution in [1.82, 2.24) is 10.2 Å². The summed E-state index contributed by atoms with van der Waals surface area (Å²) in [4.78, 5) is 4.01. The first kappa shape index (κ1) is 17.4. The lowest BCUT2D eigenvalue weighted by molar-refractivity contribution is -0.0231. The number of hydrogen-bond donors (Lipinski definition) is 1. The molecule has 0 radical (unpaired) electrons. The summed E-state index contributed by atoms with van der Waals surface area (Å²) in [5, 5.41) is 5.94. The lowest BCUT2D eigenvalue weighted by Crippen LogP contribution is -2.61. The van der Waals surface area contributed by atoms with E-state index >= 15 is 0 Å². The SMILES string of the molecule is CCCNC(Cc1sccc1Br)C(C)(C)N1CCOCC1. The first-order valence-electron chi connectivity index (χ1n) is 7.83. The third-order valence-corrected chi connectivity index (χ3v) is 6.35. The number of rotatable bonds is 7. The van der Waals surface area contributed by atoms with E-state index in [1.54, 1.807) is 0 Å². The number of hydrogen-bond acceptors (Lipinski definition) is 4. The normalized spacial score (nSPS) is 18.9. The van der Waals surface area contributed by atoms with Crippen molar-refractivity contribution in [2.45, 2.75) is 45.2 Å². The molecule has 0 amide bonds. The fraction of sp³-hybridized carbons (Fsp3) is 0.750. The van der Waals surface area contributed by atoms with Crippen molar-refractivity contribution >= 4 is 27.3 Å². The second-order valence-corrected chi connectivity index (χ2v) is 8.01. The molecule has 2 heterocycles. The summed E-state index contributed by atoms with van der Waals surface area (Å²) in [6.45, 7) is 11.8. The third kappa shape index (κ3) is 4.52. The monoisotopic (exact) mass is 374 g/mol. The first-order valence-corrected chi connectivity index (χ1v) is 9.51. The second kappa shape index (κ2) is 8.06. The molecule has 1 aromatic rings. The van der Waals surface area contributed by atoms with Crippen LogP contribution in [0, 0.1) is 0 Å². The smallest absolute Gasteiger partial charge is 0.0594 e. The second-order valence-electron chi connectivity index (χ2n) is 6.16. The minimum atomic E-state index is 0.127. The summed E-state index contributed by atoms with van der Waals surface area (Å²) in [5.74, 6) is 0. The summed E-state index contributed by atoms with van der Waals surface area (Å²) < 4.78 is 6.76. The largest absolute Gasteiger partial charge is 0.379 e. The zero-order valence-corrected chi connectivity index (χ0v) is 15.7. The molecular formula is C16H27BrN2OS. The van der Waals surface area contributed by atoms with Crippen LogP contribution in [-0.2, 0) is 11.2 Å². The Bertz CT molecular complexity index is 430. The van der Waals surface area contributed by atoms with Gasteiger partial charge in [0.05, 0.1) is 13.2 Å². The average molecular weight is 375 g/mol. The van der Waals surface area contributed by atoms with Gasteiger partial charge in [-0.15, -0.1) is 11.3 Å².